The summed E-state index contributed by atoms with van der Waals surface area (Å²) in [6, 6.07) is 15.6. The molecule has 0 fully saturated rings. The van der Waals surface area contributed by atoms with E-state index in [0.717, 1.165) is 5.39 Å². The van der Waals surface area contributed by atoms with Gasteiger partial charge in [-0.2, -0.15) is 0 Å². The number of Topliss-reactive ketones (excluding diaryl/α,β-unsaturated/α-hetero) is 1. The Morgan fingerprint density at radius 1 is 0.923 bits per heavy atom. The molecule has 7 nitrogen and oxygen atoms in total. The van der Waals surface area contributed by atoms with Crippen LogP contribution in [0.3, 0.4) is 0 Å². The molecule has 0 atom stereocenters. The van der Waals surface area contributed by atoms with Crippen LogP contribution >= 0.6 is 0 Å². The quantitative estimate of drug-likeness (QED) is 0.562. The molecule has 0 radical (unpaired) electrons. The van der Waals surface area contributed by atoms with Gasteiger partial charge in [-0.05, 0) is 31.2 Å². The fourth-order valence-corrected chi connectivity index (χ4v) is 2.49. The number of para-hydroxylation sites is 1. The van der Waals surface area contributed by atoms with Crippen molar-refractivity contribution in [2.75, 3.05) is 5.32 Å². The molecule has 1 N–H and O–H groups in total. The molecule has 2 heterocycles. The van der Waals surface area contributed by atoms with E-state index >= 15 is 0 Å². The smallest absolute Gasteiger partial charge is 0.322 e. The molecular formula is C19H13N3O4. The Morgan fingerprint density at radius 3 is 2.38 bits per heavy atom. The molecule has 7 heteroatoms. The van der Waals surface area contributed by atoms with Crippen LogP contribution in [0, 0.1) is 0 Å². The number of amides is 1. The van der Waals surface area contributed by atoms with Gasteiger partial charge in [-0.3, -0.25) is 14.9 Å². The van der Waals surface area contributed by atoms with Crippen LogP contribution in [0.4, 0.5) is 6.01 Å². The van der Waals surface area contributed by atoms with Gasteiger partial charge in [0.25, 0.3) is 11.8 Å². The molecule has 128 valence electrons. The van der Waals surface area contributed by atoms with Gasteiger partial charge in [0.05, 0.1) is 0 Å². The van der Waals surface area contributed by atoms with Gasteiger partial charge >= 0.3 is 6.01 Å². The zero-order valence-electron chi connectivity index (χ0n) is 13.7. The Hall–Kier alpha value is -3.74. The lowest BCUT2D eigenvalue weighted by molar-refractivity contribution is 0.100. The van der Waals surface area contributed by atoms with Gasteiger partial charge in [0.15, 0.2) is 11.5 Å². The second kappa shape index (κ2) is 6.29. The van der Waals surface area contributed by atoms with E-state index in [9.17, 15) is 9.59 Å². The third-order valence-electron chi connectivity index (χ3n) is 3.84. The van der Waals surface area contributed by atoms with Crippen LogP contribution in [0.15, 0.2) is 63.4 Å². The Kier molecular flexibility index (Phi) is 3.81. The lowest BCUT2D eigenvalue weighted by Crippen LogP contribution is -2.12. The maximum Gasteiger partial charge on any atom is 0.322 e. The number of benzene rings is 2. The van der Waals surface area contributed by atoms with Crippen LogP contribution in [-0.2, 0) is 0 Å². The fourth-order valence-electron chi connectivity index (χ4n) is 2.49. The molecule has 0 aliphatic carbocycles. The van der Waals surface area contributed by atoms with Crippen LogP contribution in [-0.4, -0.2) is 21.9 Å². The minimum absolute atomic E-state index is 0.0406. The maximum atomic E-state index is 12.2. The SMILES string of the molecule is CC(=O)c1ccc(C(=O)Nc2nnc(-c3cc4ccccc4o3)o2)cc1. The molecule has 4 rings (SSSR count). The topological polar surface area (TPSA) is 98.2 Å². The Bertz CT molecular complexity index is 1080. The van der Waals surface area contributed by atoms with Gasteiger partial charge in [0.1, 0.15) is 5.58 Å². The first-order valence-corrected chi connectivity index (χ1v) is 7.85. The van der Waals surface area contributed by atoms with E-state index in [1.807, 2.05) is 24.3 Å². The molecule has 0 spiro atoms. The lowest BCUT2D eigenvalue weighted by Gasteiger charge is -2.01. The Balaban J connectivity index is 1.52. The second-order valence-corrected chi connectivity index (χ2v) is 5.65. The van der Waals surface area contributed by atoms with E-state index < -0.39 is 5.91 Å². The van der Waals surface area contributed by atoms with E-state index in [4.69, 9.17) is 8.83 Å². The zero-order chi connectivity index (χ0) is 18.1. The molecule has 26 heavy (non-hydrogen) atoms. The summed E-state index contributed by atoms with van der Waals surface area (Å²) in [4.78, 5) is 23.5. The monoisotopic (exact) mass is 347 g/mol. The van der Waals surface area contributed by atoms with Gasteiger partial charge in [-0.15, -0.1) is 5.10 Å². The Labute approximate surface area is 147 Å². The van der Waals surface area contributed by atoms with Crippen molar-refractivity contribution in [1.29, 1.82) is 0 Å². The number of ketones is 1. The van der Waals surface area contributed by atoms with Crippen molar-refractivity contribution >= 4 is 28.7 Å². The lowest BCUT2D eigenvalue weighted by atomic mass is 10.1. The van der Waals surface area contributed by atoms with Gasteiger partial charge in [0, 0.05) is 16.5 Å². The van der Waals surface area contributed by atoms with E-state index in [-0.39, 0.29) is 17.7 Å². The molecule has 0 saturated carbocycles. The number of hydrogen-bond donors (Lipinski definition) is 1. The molecule has 1 amide bonds. The summed E-state index contributed by atoms with van der Waals surface area (Å²) in [7, 11) is 0. The first-order valence-electron chi connectivity index (χ1n) is 7.85. The number of nitrogens with zero attached hydrogens (tertiary/aromatic N) is 2. The highest BCUT2D eigenvalue weighted by atomic mass is 16.4. The number of aromatic nitrogens is 2. The molecule has 2 aromatic carbocycles. The van der Waals surface area contributed by atoms with Crippen LogP contribution in [0.25, 0.3) is 22.6 Å². The summed E-state index contributed by atoms with van der Waals surface area (Å²) in [5, 5.41) is 11.1. The summed E-state index contributed by atoms with van der Waals surface area (Å²) in [6.07, 6.45) is 0. The summed E-state index contributed by atoms with van der Waals surface area (Å²) in [6.45, 7) is 1.47. The van der Waals surface area contributed by atoms with Crippen molar-refractivity contribution in [3.63, 3.8) is 0 Å². The minimum atomic E-state index is -0.417. The summed E-state index contributed by atoms with van der Waals surface area (Å²) in [5.41, 5.74) is 1.61. The highest BCUT2D eigenvalue weighted by molar-refractivity contribution is 6.04. The van der Waals surface area contributed by atoms with Gasteiger partial charge in [0.2, 0.25) is 0 Å². The van der Waals surface area contributed by atoms with E-state index in [0.29, 0.717) is 22.5 Å². The third-order valence-corrected chi connectivity index (χ3v) is 3.84. The largest absolute Gasteiger partial charge is 0.451 e. The van der Waals surface area contributed by atoms with Gasteiger partial charge in [-0.1, -0.05) is 35.4 Å². The number of furan rings is 1. The van der Waals surface area contributed by atoms with Crippen LogP contribution in [0.5, 0.6) is 0 Å². The second-order valence-electron chi connectivity index (χ2n) is 5.65. The Morgan fingerprint density at radius 2 is 1.65 bits per heavy atom. The van der Waals surface area contributed by atoms with Gasteiger partial charge in [-0.25, -0.2) is 0 Å². The first-order chi connectivity index (χ1) is 12.6. The standard InChI is InChI=1S/C19H13N3O4/c1-11(23)12-6-8-13(9-7-12)17(24)20-19-22-21-18(26-19)16-10-14-4-2-3-5-15(14)25-16/h2-10H,1H3,(H,20,22,24). The van der Waals surface area contributed by atoms with Crippen molar-refractivity contribution in [2.45, 2.75) is 6.92 Å². The molecule has 2 aromatic heterocycles. The molecule has 0 unspecified atom stereocenters. The predicted octanol–water partition coefficient (Wildman–Crippen LogP) is 3.94. The number of hydrogen-bond acceptors (Lipinski definition) is 6. The molecular weight excluding hydrogens is 334 g/mol. The molecule has 0 aliphatic heterocycles. The highest BCUT2D eigenvalue weighted by Gasteiger charge is 2.16. The predicted molar refractivity (Wildman–Crippen MR) is 93.9 cm³/mol. The normalized spacial score (nSPS) is 10.8. The number of carbonyl (C=O) groups is 2. The number of carbonyl (C=O) groups excluding carboxylic acids is 2. The summed E-state index contributed by atoms with van der Waals surface area (Å²) < 4.78 is 11.1. The van der Waals surface area contributed by atoms with Crippen molar-refractivity contribution < 1.29 is 18.4 Å². The summed E-state index contributed by atoms with van der Waals surface area (Å²) in [5.74, 6) is 0.109. The third kappa shape index (κ3) is 2.98. The van der Waals surface area contributed by atoms with Crippen molar-refractivity contribution in [1.82, 2.24) is 10.2 Å². The van der Waals surface area contributed by atoms with Crippen molar-refractivity contribution in [3.05, 3.63) is 65.7 Å². The number of nitrogens with one attached hydrogen (secondary N) is 1. The summed E-state index contributed by atoms with van der Waals surface area (Å²) >= 11 is 0. The number of fused-ring (bicyclic) bond motifs is 1. The van der Waals surface area contributed by atoms with Crippen LogP contribution in [0.2, 0.25) is 0 Å². The van der Waals surface area contributed by atoms with Crippen LogP contribution in [0.1, 0.15) is 27.6 Å². The van der Waals surface area contributed by atoms with Crippen molar-refractivity contribution in [2.24, 2.45) is 0 Å². The molecule has 0 saturated heterocycles. The molecule has 0 bridgehead atoms. The zero-order valence-corrected chi connectivity index (χ0v) is 13.7. The van der Waals surface area contributed by atoms with E-state index in [1.165, 1.54) is 6.92 Å². The molecule has 4 aromatic rings. The highest BCUT2D eigenvalue weighted by Crippen LogP contribution is 2.27. The molecule has 0 aliphatic rings. The average Bonchev–Trinajstić information content (AvgIpc) is 3.28. The minimum Gasteiger partial charge on any atom is -0.451 e. The first kappa shape index (κ1) is 15.8. The fraction of sp³-hybridized carbons (Fsp3) is 0.0526. The van der Waals surface area contributed by atoms with E-state index in [2.05, 4.69) is 15.5 Å². The van der Waals surface area contributed by atoms with Crippen LogP contribution < -0.4 is 5.32 Å². The van der Waals surface area contributed by atoms with Crippen molar-refractivity contribution in [3.8, 4) is 11.7 Å². The average molecular weight is 347 g/mol. The maximum absolute atomic E-state index is 12.2. The number of anilines is 1. The number of rotatable bonds is 4. The van der Waals surface area contributed by atoms with E-state index in [1.54, 1.807) is 30.3 Å². The van der Waals surface area contributed by atoms with Gasteiger partial charge < -0.3 is 8.83 Å².